The molecule has 2 atom stereocenters. The summed E-state index contributed by atoms with van der Waals surface area (Å²) in [6.45, 7) is 1.87. The molecule has 4 aromatic rings. The molecule has 0 saturated carbocycles. The molecule has 7 rings (SSSR count). The molecule has 0 spiro atoms. The average molecular weight is 537 g/mol. The number of ether oxygens (including phenoxy) is 1. The van der Waals surface area contributed by atoms with E-state index in [0.717, 1.165) is 80.6 Å². The van der Waals surface area contributed by atoms with Crippen LogP contribution in [-0.2, 0) is 30.4 Å². The zero-order chi connectivity index (χ0) is 26.9. The monoisotopic (exact) mass is 536 g/mol. The number of rotatable bonds is 6. The Balaban J connectivity index is 1.05. The van der Waals surface area contributed by atoms with Gasteiger partial charge in [0.15, 0.2) is 5.82 Å². The Labute approximate surface area is 234 Å². The summed E-state index contributed by atoms with van der Waals surface area (Å²) in [5, 5.41) is 20.9. The third kappa shape index (κ3) is 5.19. The first kappa shape index (κ1) is 25.2. The first-order valence-electron chi connectivity index (χ1n) is 14.6. The fourth-order valence-corrected chi connectivity index (χ4v) is 6.34. The fourth-order valence-electron chi connectivity index (χ4n) is 6.34. The number of hydrogen-bond acceptors (Lipinski definition) is 8. The number of aromatic nitrogens is 5. The van der Waals surface area contributed by atoms with Gasteiger partial charge in [-0.15, -0.1) is 15.3 Å². The van der Waals surface area contributed by atoms with Gasteiger partial charge >= 0.3 is 0 Å². The predicted octanol–water partition coefficient (Wildman–Crippen LogP) is 4.55. The molecule has 40 heavy (non-hydrogen) atoms. The van der Waals surface area contributed by atoms with Crippen LogP contribution in [0.15, 0.2) is 48.5 Å². The summed E-state index contributed by atoms with van der Waals surface area (Å²) < 4.78 is 7.36. The van der Waals surface area contributed by atoms with Gasteiger partial charge in [-0.3, -0.25) is 0 Å². The lowest BCUT2D eigenvalue weighted by Gasteiger charge is -2.18. The van der Waals surface area contributed by atoms with Gasteiger partial charge in [-0.1, -0.05) is 30.3 Å². The number of fused-ring (bicyclic) bond motifs is 4. The van der Waals surface area contributed by atoms with Gasteiger partial charge in [0.2, 0.25) is 11.9 Å². The number of nitrogen functional groups attached to an aromatic ring is 1. The van der Waals surface area contributed by atoms with E-state index in [9.17, 15) is 0 Å². The van der Waals surface area contributed by atoms with Crippen molar-refractivity contribution in [3.8, 4) is 17.1 Å². The lowest BCUT2D eigenvalue weighted by Crippen LogP contribution is -2.35. The normalized spacial score (nSPS) is 20.2. The van der Waals surface area contributed by atoms with Crippen LogP contribution in [0, 0.1) is 0 Å². The van der Waals surface area contributed by atoms with E-state index in [1.54, 1.807) is 4.68 Å². The molecule has 206 valence electrons. The van der Waals surface area contributed by atoms with Gasteiger partial charge < -0.3 is 21.1 Å². The van der Waals surface area contributed by atoms with E-state index in [1.807, 2.05) is 6.07 Å². The van der Waals surface area contributed by atoms with Crippen LogP contribution in [-0.4, -0.2) is 50.3 Å². The van der Waals surface area contributed by atoms with Crippen LogP contribution in [0.4, 0.5) is 17.6 Å². The molecule has 0 bridgehead atoms. The van der Waals surface area contributed by atoms with E-state index < -0.39 is 0 Å². The highest BCUT2D eigenvalue weighted by Gasteiger charge is 2.21. The molecule has 9 heteroatoms. The number of benzene rings is 2. The molecule has 9 nitrogen and oxygen atoms in total. The Hall–Kier alpha value is -3.82. The average Bonchev–Trinajstić information content (AvgIpc) is 3.52. The van der Waals surface area contributed by atoms with Crippen LogP contribution < -0.4 is 16.4 Å². The van der Waals surface area contributed by atoms with Crippen molar-refractivity contribution in [1.82, 2.24) is 30.3 Å². The Bertz CT molecular complexity index is 1510. The highest BCUT2D eigenvalue weighted by molar-refractivity contribution is 5.68. The molecule has 0 radical (unpaired) electrons. The third-order valence-electron chi connectivity index (χ3n) is 8.52. The van der Waals surface area contributed by atoms with Crippen LogP contribution >= 0.6 is 0 Å². The molecule has 2 aliphatic carbocycles. The Morgan fingerprint density at radius 3 is 2.65 bits per heavy atom. The number of nitrogens with zero attached hydrogens (tertiary/aromatic N) is 5. The third-order valence-corrected chi connectivity index (χ3v) is 8.52. The van der Waals surface area contributed by atoms with Gasteiger partial charge in [0, 0.05) is 30.4 Å². The van der Waals surface area contributed by atoms with Crippen molar-refractivity contribution in [2.75, 3.05) is 24.2 Å². The summed E-state index contributed by atoms with van der Waals surface area (Å²) >= 11 is 0. The number of nitrogens with two attached hydrogens (primary N) is 1. The molecule has 1 saturated heterocycles. The maximum absolute atomic E-state index is 6.30. The molecule has 1 fully saturated rings. The van der Waals surface area contributed by atoms with Gasteiger partial charge in [0.25, 0.3) is 0 Å². The van der Waals surface area contributed by atoms with E-state index in [2.05, 4.69) is 73.4 Å². The van der Waals surface area contributed by atoms with Crippen LogP contribution in [0.5, 0.6) is 0 Å². The van der Waals surface area contributed by atoms with Crippen molar-refractivity contribution in [3.05, 3.63) is 70.8 Å². The van der Waals surface area contributed by atoms with Crippen LogP contribution in [0.3, 0.4) is 0 Å². The van der Waals surface area contributed by atoms with E-state index in [4.69, 9.17) is 10.5 Å². The first-order valence-corrected chi connectivity index (χ1v) is 14.6. The minimum absolute atomic E-state index is 0.278. The molecule has 0 amide bonds. The van der Waals surface area contributed by atoms with Crippen molar-refractivity contribution in [3.63, 3.8) is 0 Å². The number of nitrogens with one attached hydrogen (secondary N) is 2. The standard InChI is InChI=1S/C31H36N8O/c32-30-35-31(38-39(30)28-18-23-7-3-6-21-5-1-2-9-27(21)29(23)37-36-28)34-25-15-11-20-10-13-24(14-12-22(20)17-25)33-19-26-8-4-16-40-26/h1-2,5,9,11,15,17-18,24,26,33H,3-4,6-8,10,12-14,16,19H2,(H3,32,34,35,38). The molecule has 4 N–H and O–H groups in total. The minimum atomic E-state index is 0.278. The highest BCUT2D eigenvalue weighted by atomic mass is 16.5. The lowest BCUT2D eigenvalue weighted by molar-refractivity contribution is 0.107. The smallest absolute Gasteiger partial charge is 0.248 e. The van der Waals surface area contributed by atoms with Crippen molar-refractivity contribution >= 4 is 17.6 Å². The van der Waals surface area contributed by atoms with Gasteiger partial charge in [-0.25, -0.2) is 0 Å². The van der Waals surface area contributed by atoms with Crippen LogP contribution in [0.1, 0.15) is 54.4 Å². The molecule has 3 aliphatic rings. The molecule has 2 aromatic heterocycles. The zero-order valence-electron chi connectivity index (χ0n) is 22.8. The number of anilines is 3. The molecule has 2 unspecified atom stereocenters. The van der Waals surface area contributed by atoms with Crippen LogP contribution in [0.2, 0.25) is 0 Å². The van der Waals surface area contributed by atoms with Crippen LogP contribution in [0.25, 0.3) is 17.1 Å². The topological polar surface area (TPSA) is 116 Å². The van der Waals surface area contributed by atoms with Gasteiger partial charge in [-0.05, 0) is 98.2 Å². The summed E-state index contributed by atoms with van der Waals surface area (Å²) in [6.07, 6.45) is 10.2. The second-order valence-corrected chi connectivity index (χ2v) is 11.2. The van der Waals surface area contributed by atoms with Crippen molar-refractivity contribution in [2.24, 2.45) is 0 Å². The summed E-state index contributed by atoms with van der Waals surface area (Å²) in [5.41, 5.74) is 14.7. The highest BCUT2D eigenvalue weighted by Crippen LogP contribution is 2.31. The van der Waals surface area contributed by atoms with Gasteiger partial charge in [0.1, 0.15) is 0 Å². The summed E-state index contributed by atoms with van der Waals surface area (Å²) in [7, 11) is 0. The lowest BCUT2D eigenvalue weighted by atomic mass is 10.0. The largest absolute Gasteiger partial charge is 0.377 e. The number of hydrogen-bond donors (Lipinski definition) is 3. The zero-order valence-corrected chi connectivity index (χ0v) is 22.8. The van der Waals surface area contributed by atoms with Gasteiger partial charge in [0.05, 0.1) is 11.8 Å². The van der Waals surface area contributed by atoms with E-state index in [1.165, 1.54) is 29.5 Å². The summed E-state index contributed by atoms with van der Waals surface area (Å²) in [5.74, 6) is 1.31. The second-order valence-electron chi connectivity index (χ2n) is 11.2. The Morgan fingerprint density at radius 2 is 1.75 bits per heavy atom. The SMILES string of the molecule is Nc1nc(Nc2ccc3c(c2)CCC(NCC2CCCO2)CC3)nn1-c1cc2c(nn1)-c1ccccc1CCC2. The van der Waals surface area contributed by atoms with E-state index >= 15 is 0 Å². The summed E-state index contributed by atoms with van der Waals surface area (Å²) in [6, 6.07) is 17.6. The van der Waals surface area contributed by atoms with E-state index in [0.29, 0.717) is 23.9 Å². The fraction of sp³-hybridized carbons (Fsp3) is 0.419. The maximum Gasteiger partial charge on any atom is 0.248 e. The summed E-state index contributed by atoms with van der Waals surface area (Å²) in [4.78, 5) is 4.48. The first-order chi connectivity index (χ1) is 19.7. The van der Waals surface area contributed by atoms with Crippen molar-refractivity contribution in [1.29, 1.82) is 0 Å². The minimum Gasteiger partial charge on any atom is -0.377 e. The Morgan fingerprint density at radius 1 is 0.875 bits per heavy atom. The molecule has 1 aliphatic heterocycles. The molecular weight excluding hydrogens is 500 g/mol. The van der Waals surface area contributed by atoms with Gasteiger partial charge in [-0.2, -0.15) is 9.67 Å². The molecular formula is C31H36N8O. The van der Waals surface area contributed by atoms with Crippen molar-refractivity contribution in [2.45, 2.75) is 69.9 Å². The molecule has 2 aromatic carbocycles. The second kappa shape index (κ2) is 11.0. The maximum atomic E-state index is 6.30. The molecule has 3 heterocycles. The number of aryl methyl sites for hydroxylation is 4. The predicted molar refractivity (Wildman–Crippen MR) is 156 cm³/mol. The van der Waals surface area contributed by atoms with Crippen molar-refractivity contribution < 1.29 is 4.74 Å². The quantitative estimate of drug-likeness (QED) is 0.307. The van der Waals surface area contributed by atoms with E-state index in [-0.39, 0.29) is 5.95 Å². The Kier molecular flexibility index (Phi) is 6.91.